The number of β-amino-alcohol motifs (C(OH)–C–C–N with tert-alkyl or cyclic N) is 1. The first-order valence-electron chi connectivity index (χ1n) is 9.41. The SMILES string of the molecule is CC(C)(C)[Si](C)(C)OC[C@]1(O)C[C@@H](C(=O)OCc2ccccc2)N(C(=O)O)C1. The van der Waals surface area contributed by atoms with Gasteiger partial charge in [0.25, 0.3) is 0 Å². The van der Waals surface area contributed by atoms with Crippen LogP contribution >= 0.6 is 0 Å². The number of carboxylic acid groups (broad SMARTS) is 1. The summed E-state index contributed by atoms with van der Waals surface area (Å²) in [6.45, 7) is 10.3. The molecule has 1 saturated heterocycles. The minimum atomic E-state index is -2.12. The Morgan fingerprint density at radius 2 is 1.86 bits per heavy atom. The molecule has 1 aromatic carbocycles. The molecular weight excluding hydrogens is 378 g/mol. The second-order valence-electron chi connectivity index (χ2n) is 9.00. The monoisotopic (exact) mass is 409 g/mol. The molecule has 7 nitrogen and oxygen atoms in total. The van der Waals surface area contributed by atoms with E-state index in [1.807, 2.05) is 30.3 Å². The molecule has 1 aromatic rings. The lowest BCUT2D eigenvalue weighted by molar-refractivity contribution is -0.150. The van der Waals surface area contributed by atoms with Crippen LogP contribution < -0.4 is 0 Å². The zero-order chi connectivity index (χ0) is 21.2. The van der Waals surface area contributed by atoms with Crippen LogP contribution in [0, 0.1) is 0 Å². The molecule has 0 bridgehead atoms. The van der Waals surface area contributed by atoms with Crippen LogP contribution in [0.3, 0.4) is 0 Å². The molecule has 0 unspecified atom stereocenters. The lowest BCUT2D eigenvalue weighted by Crippen LogP contribution is -2.47. The molecule has 156 valence electrons. The lowest BCUT2D eigenvalue weighted by Gasteiger charge is -2.38. The standard InChI is InChI=1S/C20H31NO6Si/c1-19(2,3)28(4,5)27-14-20(25)11-16(21(13-20)18(23)24)17(22)26-12-15-9-7-6-8-10-15/h6-10,16,25H,11-14H2,1-5H3,(H,23,24)/t16-,20-/m0/s1. The van der Waals surface area contributed by atoms with E-state index in [0.717, 1.165) is 10.5 Å². The molecule has 28 heavy (non-hydrogen) atoms. The second kappa shape index (κ2) is 8.22. The van der Waals surface area contributed by atoms with Crippen molar-refractivity contribution in [1.29, 1.82) is 0 Å². The van der Waals surface area contributed by atoms with Gasteiger partial charge in [0.2, 0.25) is 0 Å². The zero-order valence-corrected chi connectivity index (χ0v) is 18.3. The fourth-order valence-corrected chi connectivity index (χ4v) is 3.90. The Morgan fingerprint density at radius 1 is 1.25 bits per heavy atom. The van der Waals surface area contributed by atoms with E-state index >= 15 is 0 Å². The van der Waals surface area contributed by atoms with Gasteiger partial charge in [-0.25, -0.2) is 9.59 Å². The van der Waals surface area contributed by atoms with E-state index in [9.17, 15) is 19.8 Å². The molecule has 1 aliphatic rings. The number of nitrogens with zero attached hydrogens (tertiary/aromatic N) is 1. The van der Waals surface area contributed by atoms with Crippen molar-refractivity contribution in [3.63, 3.8) is 0 Å². The number of esters is 1. The zero-order valence-electron chi connectivity index (χ0n) is 17.3. The van der Waals surface area contributed by atoms with Crippen LogP contribution in [0.2, 0.25) is 18.1 Å². The number of benzene rings is 1. The minimum absolute atomic E-state index is 0.00423. The average molecular weight is 410 g/mol. The third-order valence-electron chi connectivity index (χ3n) is 5.66. The largest absolute Gasteiger partial charge is 0.465 e. The molecule has 0 saturated carbocycles. The van der Waals surface area contributed by atoms with Gasteiger partial charge in [-0.15, -0.1) is 0 Å². The molecule has 2 N–H and O–H groups in total. The average Bonchev–Trinajstić information content (AvgIpc) is 2.97. The quantitative estimate of drug-likeness (QED) is 0.553. The molecule has 1 heterocycles. The highest BCUT2D eigenvalue weighted by Crippen LogP contribution is 2.38. The minimum Gasteiger partial charge on any atom is -0.465 e. The summed E-state index contributed by atoms with van der Waals surface area (Å²) >= 11 is 0. The van der Waals surface area contributed by atoms with Gasteiger partial charge in [0, 0.05) is 6.42 Å². The number of carbonyl (C=O) groups excluding carboxylic acids is 1. The fraction of sp³-hybridized carbons (Fsp3) is 0.600. The van der Waals surface area contributed by atoms with Crippen LogP contribution in [-0.4, -0.2) is 60.3 Å². The molecular formula is C20H31NO6Si. The summed E-state index contributed by atoms with van der Waals surface area (Å²) in [5, 5.41) is 20.4. The maximum Gasteiger partial charge on any atom is 0.408 e. The van der Waals surface area contributed by atoms with Crippen molar-refractivity contribution in [2.45, 2.75) is 63.6 Å². The number of ether oxygens (including phenoxy) is 1. The van der Waals surface area contributed by atoms with Crippen LogP contribution in [0.5, 0.6) is 0 Å². The normalized spacial score (nSPS) is 22.9. The number of hydrogen-bond acceptors (Lipinski definition) is 5. The fourth-order valence-electron chi connectivity index (χ4n) is 2.83. The number of hydrogen-bond donors (Lipinski definition) is 2. The van der Waals surface area contributed by atoms with E-state index < -0.39 is 32.0 Å². The third-order valence-corrected chi connectivity index (χ3v) is 10.1. The van der Waals surface area contributed by atoms with Gasteiger partial charge in [-0.05, 0) is 23.7 Å². The number of aliphatic hydroxyl groups is 1. The Kier molecular flexibility index (Phi) is 6.57. The van der Waals surface area contributed by atoms with Gasteiger partial charge in [0.05, 0.1) is 13.2 Å². The van der Waals surface area contributed by atoms with E-state index in [1.54, 1.807) is 0 Å². The maximum atomic E-state index is 12.5. The topological polar surface area (TPSA) is 96.3 Å². The summed E-state index contributed by atoms with van der Waals surface area (Å²) in [5.74, 6) is -0.658. The smallest absolute Gasteiger partial charge is 0.408 e. The summed E-state index contributed by atoms with van der Waals surface area (Å²) in [7, 11) is -2.12. The van der Waals surface area contributed by atoms with Crippen molar-refractivity contribution >= 4 is 20.4 Å². The molecule has 2 rings (SSSR count). The summed E-state index contributed by atoms with van der Waals surface area (Å²) in [4.78, 5) is 25.1. The second-order valence-corrected chi connectivity index (χ2v) is 13.8. The van der Waals surface area contributed by atoms with Crippen LogP contribution in [-0.2, 0) is 20.6 Å². The van der Waals surface area contributed by atoms with Crippen molar-refractivity contribution in [2.24, 2.45) is 0 Å². The molecule has 0 radical (unpaired) electrons. The van der Waals surface area contributed by atoms with Gasteiger partial charge in [-0.3, -0.25) is 4.90 Å². The Bertz CT molecular complexity index is 702. The summed E-state index contributed by atoms with van der Waals surface area (Å²) in [6.07, 6.45) is -1.30. The van der Waals surface area contributed by atoms with Crippen LogP contribution in [0.1, 0.15) is 32.8 Å². The summed E-state index contributed by atoms with van der Waals surface area (Å²) in [6, 6.07) is 8.12. The first-order chi connectivity index (χ1) is 12.8. The first kappa shape index (κ1) is 22.4. The number of carbonyl (C=O) groups is 2. The number of likely N-dealkylation sites (tertiary alicyclic amines) is 1. The van der Waals surface area contributed by atoms with Crippen molar-refractivity contribution in [2.75, 3.05) is 13.2 Å². The van der Waals surface area contributed by atoms with E-state index in [0.29, 0.717) is 0 Å². The highest BCUT2D eigenvalue weighted by molar-refractivity contribution is 6.74. The van der Waals surface area contributed by atoms with E-state index in [2.05, 4.69) is 33.9 Å². The molecule has 0 aliphatic carbocycles. The lowest BCUT2D eigenvalue weighted by atomic mass is 10.0. The molecule has 1 fully saturated rings. The predicted octanol–water partition coefficient (Wildman–Crippen LogP) is 3.24. The predicted molar refractivity (Wildman–Crippen MR) is 107 cm³/mol. The van der Waals surface area contributed by atoms with Gasteiger partial charge >= 0.3 is 12.1 Å². The van der Waals surface area contributed by atoms with Crippen molar-refractivity contribution in [3.05, 3.63) is 35.9 Å². The Morgan fingerprint density at radius 3 is 2.39 bits per heavy atom. The van der Waals surface area contributed by atoms with Gasteiger partial charge in [-0.1, -0.05) is 51.1 Å². The Balaban J connectivity index is 2.04. The van der Waals surface area contributed by atoms with Gasteiger partial charge in [0.1, 0.15) is 18.2 Å². The maximum absolute atomic E-state index is 12.5. The van der Waals surface area contributed by atoms with E-state index in [1.165, 1.54) is 0 Å². The van der Waals surface area contributed by atoms with Crippen LogP contribution in [0.25, 0.3) is 0 Å². The molecule has 0 spiro atoms. The molecule has 1 aliphatic heterocycles. The van der Waals surface area contributed by atoms with Gasteiger partial charge in [-0.2, -0.15) is 0 Å². The van der Waals surface area contributed by atoms with E-state index in [4.69, 9.17) is 9.16 Å². The van der Waals surface area contributed by atoms with Gasteiger partial charge < -0.3 is 19.4 Å². The number of rotatable bonds is 6. The highest BCUT2D eigenvalue weighted by Gasteiger charge is 2.50. The Hall–Kier alpha value is -1.90. The molecule has 1 amide bonds. The number of amides is 1. The first-order valence-corrected chi connectivity index (χ1v) is 12.3. The summed E-state index contributed by atoms with van der Waals surface area (Å²) < 4.78 is 11.4. The van der Waals surface area contributed by atoms with Crippen LogP contribution in [0.4, 0.5) is 4.79 Å². The van der Waals surface area contributed by atoms with Gasteiger partial charge in [0.15, 0.2) is 8.32 Å². The Labute approximate surface area is 167 Å². The molecule has 0 aromatic heterocycles. The van der Waals surface area contributed by atoms with Crippen molar-refractivity contribution in [1.82, 2.24) is 4.90 Å². The molecule has 8 heteroatoms. The third kappa shape index (κ3) is 5.33. The van der Waals surface area contributed by atoms with E-state index in [-0.39, 0.29) is 31.2 Å². The van der Waals surface area contributed by atoms with Crippen molar-refractivity contribution < 1.29 is 29.0 Å². The summed E-state index contributed by atoms with van der Waals surface area (Å²) in [5.41, 5.74) is -0.600. The molecule has 2 atom stereocenters. The highest BCUT2D eigenvalue weighted by atomic mass is 28.4. The van der Waals surface area contributed by atoms with Crippen LogP contribution in [0.15, 0.2) is 30.3 Å². The van der Waals surface area contributed by atoms with Crippen molar-refractivity contribution in [3.8, 4) is 0 Å².